The average Bonchev–Trinajstić information content (AvgIpc) is 2.93. The summed E-state index contributed by atoms with van der Waals surface area (Å²) in [6, 6.07) is 0. The molecule has 7 N–H and O–H groups in total. The van der Waals surface area contributed by atoms with E-state index in [0.717, 1.165) is 32.1 Å². The zero-order valence-corrected chi connectivity index (χ0v) is 24.3. The first-order valence-corrected chi connectivity index (χ1v) is 15.6. The largest absolute Gasteiger partial charge is 0.481 e. The van der Waals surface area contributed by atoms with Crippen LogP contribution < -0.4 is 5.32 Å². The Bertz CT molecular complexity index is 577. The Hall–Kier alpha value is -1.26. The minimum atomic E-state index is -1.87. The molecule has 4 atom stereocenters. The van der Waals surface area contributed by atoms with Crippen molar-refractivity contribution in [1.29, 1.82) is 0 Å². The number of amides is 1. The van der Waals surface area contributed by atoms with Gasteiger partial charge >= 0.3 is 5.97 Å². The number of aliphatic hydroxyl groups excluding tert-OH is 5. The van der Waals surface area contributed by atoms with Gasteiger partial charge < -0.3 is 36.0 Å². The summed E-state index contributed by atoms with van der Waals surface area (Å²) in [5.41, 5.74) is 0. The summed E-state index contributed by atoms with van der Waals surface area (Å²) in [5.74, 6) is -1.48. The molecule has 0 aliphatic carbocycles. The van der Waals surface area contributed by atoms with Gasteiger partial charge in [0.15, 0.2) is 6.10 Å². The van der Waals surface area contributed by atoms with E-state index >= 15 is 0 Å². The lowest BCUT2D eigenvalue weighted by Crippen LogP contribution is -2.51. The summed E-state index contributed by atoms with van der Waals surface area (Å²) in [5, 5.41) is 58.2. The molecule has 0 aliphatic heterocycles. The van der Waals surface area contributed by atoms with Crippen molar-refractivity contribution in [2.45, 2.75) is 166 Å². The van der Waals surface area contributed by atoms with E-state index in [1.807, 2.05) is 0 Å². The van der Waals surface area contributed by atoms with Crippen LogP contribution in [0.2, 0.25) is 0 Å². The highest BCUT2D eigenvalue weighted by molar-refractivity contribution is 5.81. The van der Waals surface area contributed by atoms with Gasteiger partial charge in [0.2, 0.25) is 0 Å². The Kier molecular flexibility index (Phi) is 26.1. The normalized spacial score (nSPS) is 14.6. The molecule has 0 unspecified atom stereocenters. The van der Waals surface area contributed by atoms with Gasteiger partial charge in [-0.05, 0) is 12.8 Å². The van der Waals surface area contributed by atoms with Crippen LogP contribution in [0.3, 0.4) is 0 Å². The predicted molar refractivity (Wildman–Crippen MR) is 153 cm³/mol. The van der Waals surface area contributed by atoms with E-state index in [4.69, 9.17) is 10.2 Å². The average molecular weight is 562 g/mol. The minimum absolute atomic E-state index is 0.311. The number of nitrogens with one attached hydrogen (secondary N) is 1. The lowest BCUT2D eigenvalue weighted by molar-refractivity contribution is -0.148. The van der Waals surface area contributed by atoms with Crippen LogP contribution in [0.4, 0.5) is 0 Å². The van der Waals surface area contributed by atoms with E-state index in [-0.39, 0.29) is 0 Å². The third kappa shape index (κ3) is 23.2. The van der Waals surface area contributed by atoms with Crippen molar-refractivity contribution in [2.24, 2.45) is 0 Å². The van der Waals surface area contributed by atoms with Crippen molar-refractivity contribution in [1.82, 2.24) is 5.32 Å². The molecule has 0 aliphatic rings. The first kappa shape index (κ1) is 37.7. The van der Waals surface area contributed by atoms with Gasteiger partial charge in [0.1, 0.15) is 18.3 Å². The minimum Gasteiger partial charge on any atom is -0.481 e. The van der Waals surface area contributed by atoms with Gasteiger partial charge in [-0.3, -0.25) is 9.59 Å². The number of carbonyl (C=O) groups is 2. The monoisotopic (exact) mass is 561 g/mol. The van der Waals surface area contributed by atoms with E-state index in [0.29, 0.717) is 13.0 Å². The second-order valence-corrected chi connectivity index (χ2v) is 11.0. The summed E-state index contributed by atoms with van der Waals surface area (Å²) >= 11 is 0. The third-order valence-electron chi connectivity index (χ3n) is 7.39. The lowest BCUT2D eigenvalue weighted by Gasteiger charge is -2.24. The topological polar surface area (TPSA) is 168 Å². The van der Waals surface area contributed by atoms with E-state index in [2.05, 4.69) is 5.32 Å². The number of carboxylic acid groups (broad SMARTS) is 1. The summed E-state index contributed by atoms with van der Waals surface area (Å²) in [4.78, 5) is 22.3. The summed E-state index contributed by atoms with van der Waals surface area (Å²) in [6.45, 7) is -0.407. The molecule has 39 heavy (non-hydrogen) atoms. The highest BCUT2D eigenvalue weighted by atomic mass is 16.4. The van der Waals surface area contributed by atoms with Crippen LogP contribution in [0.15, 0.2) is 0 Å². The molecule has 0 saturated heterocycles. The maximum atomic E-state index is 11.8. The molecule has 0 fully saturated rings. The van der Waals surface area contributed by atoms with Crippen molar-refractivity contribution in [3.8, 4) is 0 Å². The van der Waals surface area contributed by atoms with Crippen LogP contribution in [0, 0.1) is 0 Å². The van der Waals surface area contributed by atoms with Crippen LogP contribution >= 0.6 is 0 Å². The second-order valence-electron chi connectivity index (χ2n) is 11.0. The molecule has 232 valence electrons. The van der Waals surface area contributed by atoms with Crippen LogP contribution in [0.5, 0.6) is 0 Å². The molecule has 0 heterocycles. The molecule has 1 amide bonds. The predicted octanol–water partition coefficient (Wildman–Crippen LogP) is 4.21. The molecule has 0 aromatic rings. The molecular formula is C30H59NO8. The Morgan fingerprint density at radius 3 is 1.18 bits per heavy atom. The van der Waals surface area contributed by atoms with Crippen molar-refractivity contribution in [3.05, 3.63) is 0 Å². The van der Waals surface area contributed by atoms with Crippen molar-refractivity contribution >= 4 is 11.9 Å². The van der Waals surface area contributed by atoms with Gasteiger partial charge in [0, 0.05) is 13.0 Å². The molecule has 0 spiro atoms. The zero-order chi connectivity index (χ0) is 29.1. The Balaban J connectivity index is 3.32. The van der Waals surface area contributed by atoms with Crippen molar-refractivity contribution in [3.63, 3.8) is 0 Å². The molecule has 0 rings (SSSR count). The van der Waals surface area contributed by atoms with Crippen LogP contribution in [0.25, 0.3) is 0 Å². The fourth-order valence-corrected chi connectivity index (χ4v) is 4.75. The van der Waals surface area contributed by atoms with Gasteiger partial charge in [0.05, 0.1) is 6.61 Å². The highest BCUT2D eigenvalue weighted by Gasteiger charge is 2.33. The smallest absolute Gasteiger partial charge is 0.303 e. The molecule has 0 bridgehead atoms. The Labute approximate surface area is 236 Å². The SMILES string of the molecule is O=C(O)CCCCCCCCCCCCCCCCCCCCCCCNC(=O)[C@H](O)[C@@H](O)[C@H](O)[C@H](O)CO. The van der Waals surface area contributed by atoms with Crippen LogP contribution in [-0.4, -0.2) is 80.1 Å². The number of hydrogen-bond acceptors (Lipinski definition) is 7. The fraction of sp³-hybridized carbons (Fsp3) is 0.933. The van der Waals surface area contributed by atoms with Gasteiger partial charge in [-0.15, -0.1) is 0 Å². The Morgan fingerprint density at radius 2 is 0.846 bits per heavy atom. The second kappa shape index (κ2) is 26.9. The molecule has 0 radical (unpaired) electrons. The maximum Gasteiger partial charge on any atom is 0.303 e. The zero-order valence-electron chi connectivity index (χ0n) is 24.3. The number of unbranched alkanes of at least 4 members (excludes halogenated alkanes) is 20. The molecule has 0 aromatic carbocycles. The summed E-state index contributed by atoms with van der Waals surface area (Å²) < 4.78 is 0. The standard InChI is InChI=1S/C30H59NO8/c32-24-25(33)27(36)28(37)29(38)30(39)31-23-21-19-17-15-13-11-9-7-5-3-1-2-4-6-8-10-12-14-16-18-20-22-26(34)35/h25,27-29,32-33,36-38H,1-24H2,(H,31,39)(H,34,35)/t25-,27-,28+,29-/m1/s1. The highest BCUT2D eigenvalue weighted by Crippen LogP contribution is 2.15. The van der Waals surface area contributed by atoms with Gasteiger partial charge in [-0.2, -0.15) is 0 Å². The van der Waals surface area contributed by atoms with Crippen LogP contribution in [-0.2, 0) is 9.59 Å². The molecule has 0 aromatic heterocycles. The van der Waals surface area contributed by atoms with E-state index in [1.165, 1.54) is 103 Å². The number of rotatable bonds is 29. The van der Waals surface area contributed by atoms with Gasteiger partial charge in [-0.1, -0.05) is 122 Å². The van der Waals surface area contributed by atoms with Gasteiger partial charge in [0.25, 0.3) is 5.91 Å². The fourth-order valence-electron chi connectivity index (χ4n) is 4.75. The number of carbonyl (C=O) groups excluding carboxylic acids is 1. The Morgan fingerprint density at radius 1 is 0.513 bits per heavy atom. The molecule has 0 saturated carbocycles. The van der Waals surface area contributed by atoms with E-state index < -0.39 is 42.9 Å². The number of aliphatic hydroxyl groups is 5. The summed E-state index contributed by atoms with van der Waals surface area (Å²) in [6.07, 6.45) is 18.5. The molecule has 9 nitrogen and oxygen atoms in total. The van der Waals surface area contributed by atoms with Crippen LogP contribution in [0.1, 0.15) is 141 Å². The number of aliphatic carboxylic acids is 1. The van der Waals surface area contributed by atoms with Crippen molar-refractivity contribution in [2.75, 3.05) is 13.2 Å². The first-order valence-electron chi connectivity index (χ1n) is 15.6. The molecular weight excluding hydrogens is 502 g/mol. The van der Waals surface area contributed by atoms with E-state index in [1.54, 1.807) is 0 Å². The van der Waals surface area contributed by atoms with E-state index in [9.17, 15) is 30.0 Å². The van der Waals surface area contributed by atoms with Crippen molar-refractivity contribution < 1.29 is 40.2 Å². The maximum absolute atomic E-state index is 11.8. The summed E-state index contributed by atoms with van der Waals surface area (Å²) in [7, 11) is 0. The quantitative estimate of drug-likeness (QED) is 0.0667. The lowest BCUT2D eigenvalue weighted by atomic mass is 10.0. The van der Waals surface area contributed by atoms with Gasteiger partial charge in [-0.25, -0.2) is 0 Å². The number of hydrogen-bond donors (Lipinski definition) is 7. The number of carboxylic acids is 1. The first-order chi connectivity index (χ1) is 18.8. The molecule has 9 heteroatoms. The third-order valence-corrected chi connectivity index (χ3v) is 7.39.